The van der Waals surface area contributed by atoms with Crippen molar-refractivity contribution >= 4 is 18.0 Å². The predicted octanol–water partition coefficient (Wildman–Crippen LogP) is 2.18. The number of nitrogens with zero attached hydrogens (tertiary/aromatic N) is 4. The molecule has 0 amide bonds. The van der Waals surface area contributed by atoms with Crippen LogP contribution in [0.2, 0.25) is 0 Å². The second-order valence-electron chi connectivity index (χ2n) is 6.22. The Balaban J connectivity index is 1.68. The van der Waals surface area contributed by atoms with Crippen molar-refractivity contribution in [2.24, 2.45) is 5.10 Å². The molecule has 148 valence electrons. The van der Waals surface area contributed by atoms with Crippen molar-refractivity contribution in [1.29, 1.82) is 0 Å². The van der Waals surface area contributed by atoms with Gasteiger partial charge in [0.15, 0.2) is 11.5 Å². The zero-order chi connectivity index (χ0) is 19.9. The number of aromatic nitrogens is 1. The highest BCUT2D eigenvalue weighted by Gasteiger charge is 2.18. The number of ether oxygens (including phenoxy) is 3. The molecule has 0 saturated carbocycles. The summed E-state index contributed by atoms with van der Waals surface area (Å²) in [5.74, 6) is 1.64. The van der Waals surface area contributed by atoms with Gasteiger partial charge in [0.2, 0.25) is 5.75 Å². The van der Waals surface area contributed by atoms with E-state index < -0.39 is 5.97 Å². The lowest BCUT2D eigenvalue weighted by atomic mass is 10.2. The van der Waals surface area contributed by atoms with Gasteiger partial charge in [-0.05, 0) is 24.3 Å². The largest absolute Gasteiger partial charge is 0.493 e. The SMILES string of the molecule is COc1cc(/C=N/N2CCN(c3ccccn3)CC2)cc(OC)c1OC(C)=O. The van der Waals surface area contributed by atoms with Crippen LogP contribution in [-0.4, -0.2) is 62.6 Å². The van der Waals surface area contributed by atoms with Crippen molar-refractivity contribution in [3.05, 3.63) is 42.1 Å². The number of carbonyl (C=O) groups is 1. The maximum atomic E-state index is 11.3. The molecular formula is C20H24N4O4. The molecule has 1 aliphatic rings. The van der Waals surface area contributed by atoms with E-state index in [1.165, 1.54) is 21.1 Å². The predicted molar refractivity (Wildman–Crippen MR) is 106 cm³/mol. The molecule has 0 N–H and O–H groups in total. The number of benzene rings is 1. The molecule has 28 heavy (non-hydrogen) atoms. The van der Waals surface area contributed by atoms with Gasteiger partial charge in [0.1, 0.15) is 5.82 Å². The summed E-state index contributed by atoms with van der Waals surface area (Å²) in [5.41, 5.74) is 0.789. The first-order valence-corrected chi connectivity index (χ1v) is 9.00. The summed E-state index contributed by atoms with van der Waals surface area (Å²) in [6.07, 6.45) is 3.55. The van der Waals surface area contributed by atoms with Gasteiger partial charge >= 0.3 is 5.97 Å². The van der Waals surface area contributed by atoms with Crippen LogP contribution >= 0.6 is 0 Å². The molecule has 0 bridgehead atoms. The van der Waals surface area contributed by atoms with Crippen molar-refractivity contribution in [2.45, 2.75) is 6.92 Å². The number of carbonyl (C=O) groups excluding carboxylic acids is 1. The number of esters is 1. The molecule has 1 aromatic heterocycles. The van der Waals surface area contributed by atoms with Crippen LogP contribution in [0.4, 0.5) is 5.82 Å². The molecule has 3 rings (SSSR count). The van der Waals surface area contributed by atoms with E-state index in [0.29, 0.717) is 11.5 Å². The molecule has 1 fully saturated rings. The Bertz CT molecular complexity index is 808. The Hall–Kier alpha value is -3.29. The third-order valence-electron chi connectivity index (χ3n) is 4.33. The van der Waals surface area contributed by atoms with Crippen LogP contribution in [0.3, 0.4) is 0 Å². The van der Waals surface area contributed by atoms with E-state index in [0.717, 1.165) is 37.6 Å². The molecule has 1 aromatic carbocycles. The zero-order valence-electron chi connectivity index (χ0n) is 16.3. The summed E-state index contributed by atoms with van der Waals surface area (Å²) < 4.78 is 15.9. The van der Waals surface area contributed by atoms with Gasteiger partial charge in [0, 0.05) is 31.8 Å². The Morgan fingerprint density at radius 1 is 1.11 bits per heavy atom. The lowest BCUT2D eigenvalue weighted by molar-refractivity contribution is -0.132. The molecule has 8 heteroatoms. The van der Waals surface area contributed by atoms with Gasteiger partial charge in [0.05, 0.1) is 33.5 Å². The van der Waals surface area contributed by atoms with Crippen LogP contribution in [-0.2, 0) is 4.79 Å². The Kier molecular flexibility index (Phi) is 6.31. The van der Waals surface area contributed by atoms with Crippen LogP contribution < -0.4 is 19.1 Å². The Morgan fingerprint density at radius 2 is 1.79 bits per heavy atom. The van der Waals surface area contributed by atoms with E-state index >= 15 is 0 Å². The molecule has 1 aliphatic heterocycles. The monoisotopic (exact) mass is 384 g/mol. The summed E-state index contributed by atoms with van der Waals surface area (Å²) in [7, 11) is 3.03. The van der Waals surface area contributed by atoms with Crippen molar-refractivity contribution in [2.75, 3.05) is 45.3 Å². The summed E-state index contributed by atoms with van der Waals surface area (Å²) >= 11 is 0. The number of rotatable bonds is 6. The molecule has 2 heterocycles. The van der Waals surface area contributed by atoms with Gasteiger partial charge in [0.25, 0.3) is 0 Å². The number of hydrogen-bond donors (Lipinski definition) is 0. The zero-order valence-corrected chi connectivity index (χ0v) is 16.3. The molecular weight excluding hydrogens is 360 g/mol. The summed E-state index contributed by atoms with van der Waals surface area (Å²) in [6.45, 7) is 4.64. The minimum absolute atomic E-state index is 0.263. The van der Waals surface area contributed by atoms with Gasteiger partial charge < -0.3 is 19.1 Å². The third-order valence-corrected chi connectivity index (χ3v) is 4.33. The standard InChI is InChI=1S/C20H24N4O4/c1-15(25)28-20-17(26-2)12-16(13-18(20)27-3)14-22-24-10-8-23(9-11-24)19-6-4-5-7-21-19/h4-7,12-14H,8-11H2,1-3H3/b22-14+. The molecule has 0 radical (unpaired) electrons. The first-order chi connectivity index (χ1) is 13.6. The van der Waals surface area contributed by atoms with Gasteiger partial charge in [-0.1, -0.05) is 6.07 Å². The maximum absolute atomic E-state index is 11.3. The molecule has 0 atom stereocenters. The number of piperazine rings is 1. The first kappa shape index (κ1) is 19.5. The van der Waals surface area contributed by atoms with Crippen LogP contribution in [0.25, 0.3) is 0 Å². The van der Waals surface area contributed by atoms with E-state index in [-0.39, 0.29) is 5.75 Å². The van der Waals surface area contributed by atoms with Gasteiger partial charge in [-0.15, -0.1) is 0 Å². The summed E-state index contributed by atoms with van der Waals surface area (Å²) in [5, 5.41) is 6.58. The Morgan fingerprint density at radius 3 is 2.32 bits per heavy atom. The van der Waals surface area contributed by atoms with E-state index in [1.807, 2.05) is 23.2 Å². The maximum Gasteiger partial charge on any atom is 0.308 e. The average molecular weight is 384 g/mol. The van der Waals surface area contributed by atoms with E-state index in [2.05, 4.69) is 15.0 Å². The molecule has 1 saturated heterocycles. The van der Waals surface area contributed by atoms with Gasteiger partial charge in [-0.2, -0.15) is 5.10 Å². The highest BCUT2D eigenvalue weighted by atomic mass is 16.6. The van der Waals surface area contributed by atoms with Crippen LogP contribution in [0.5, 0.6) is 17.2 Å². The fourth-order valence-corrected chi connectivity index (χ4v) is 2.95. The number of hydrogen-bond acceptors (Lipinski definition) is 8. The number of anilines is 1. The minimum Gasteiger partial charge on any atom is -0.493 e. The highest BCUT2D eigenvalue weighted by Crippen LogP contribution is 2.38. The minimum atomic E-state index is -0.441. The van der Waals surface area contributed by atoms with Gasteiger partial charge in [-0.25, -0.2) is 4.98 Å². The summed E-state index contributed by atoms with van der Waals surface area (Å²) in [4.78, 5) is 18.0. The van der Waals surface area contributed by atoms with E-state index in [4.69, 9.17) is 14.2 Å². The molecule has 0 spiro atoms. The topological polar surface area (TPSA) is 76.5 Å². The first-order valence-electron chi connectivity index (χ1n) is 9.00. The van der Waals surface area contributed by atoms with Crippen LogP contribution in [0, 0.1) is 0 Å². The molecule has 0 aliphatic carbocycles. The van der Waals surface area contributed by atoms with E-state index in [9.17, 15) is 4.79 Å². The van der Waals surface area contributed by atoms with E-state index in [1.54, 1.807) is 24.5 Å². The van der Waals surface area contributed by atoms with Crippen LogP contribution in [0.15, 0.2) is 41.6 Å². The lowest BCUT2D eigenvalue weighted by Crippen LogP contribution is -2.44. The smallest absolute Gasteiger partial charge is 0.308 e. The fourth-order valence-electron chi connectivity index (χ4n) is 2.95. The van der Waals surface area contributed by atoms with Crippen molar-refractivity contribution in [1.82, 2.24) is 9.99 Å². The number of pyridine rings is 1. The molecule has 2 aromatic rings. The second kappa shape index (κ2) is 9.07. The second-order valence-corrected chi connectivity index (χ2v) is 6.22. The third kappa shape index (κ3) is 4.70. The van der Waals surface area contributed by atoms with Crippen LogP contribution in [0.1, 0.15) is 12.5 Å². The molecule has 0 unspecified atom stereocenters. The van der Waals surface area contributed by atoms with Crippen molar-refractivity contribution < 1.29 is 19.0 Å². The quantitative estimate of drug-likeness (QED) is 0.429. The normalized spacial score (nSPS) is 14.2. The Labute approximate surface area is 164 Å². The number of hydrazone groups is 1. The lowest BCUT2D eigenvalue weighted by Gasteiger charge is -2.33. The number of methoxy groups -OCH3 is 2. The van der Waals surface area contributed by atoms with Gasteiger partial charge in [-0.3, -0.25) is 9.80 Å². The fraction of sp³-hybridized carbons (Fsp3) is 0.350. The average Bonchev–Trinajstić information content (AvgIpc) is 2.73. The van der Waals surface area contributed by atoms with Crippen molar-refractivity contribution in [3.63, 3.8) is 0 Å². The summed E-state index contributed by atoms with van der Waals surface area (Å²) in [6, 6.07) is 9.44. The molecule has 8 nitrogen and oxygen atoms in total. The van der Waals surface area contributed by atoms with Crippen molar-refractivity contribution in [3.8, 4) is 17.2 Å². The highest BCUT2D eigenvalue weighted by molar-refractivity contribution is 5.83.